The van der Waals surface area contributed by atoms with E-state index in [1.165, 1.54) is 23.1 Å². The van der Waals surface area contributed by atoms with Gasteiger partial charge in [-0.1, -0.05) is 30.7 Å². The molecule has 2 fully saturated rings. The second-order valence-electron chi connectivity index (χ2n) is 6.59. The summed E-state index contributed by atoms with van der Waals surface area (Å²) in [6, 6.07) is 11.0. The molecule has 3 aliphatic rings. The lowest BCUT2D eigenvalue weighted by molar-refractivity contribution is 0.579. The standard InChI is InChI=1S/C18H19NOS/c19-12-18(7-8-18)15-4-1-3-13(9-15)14-10-16-5-2-6-17(11-14)21(16)20/h1,3-4,9-10,16-17H,2,5-8,11H2. The highest BCUT2D eigenvalue weighted by atomic mass is 32.2. The van der Waals surface area contributed by atoms with Crippen molar-refractivity contribution < 1.29 is 4.21 Å². The van der Waals surface area contributed by atoms with Crippen LogP contribution in [-0.2, 0) is 16.2 Å². The van der Waals surface area contributed by atoms with E-state index in [1.54, 1.807) is 0 Å². The fourth-order valence-electron chi connectivity index (χ4n) is 3.72. The SMILES string of the molecule is N#CC1(c2cccc(C3=CC4CCCC(C3)S4=O)c2)CC1. The van der Waals surface area contributed by atoms with E-state index in [9.17, 15) is 9.47 Å². The van der Waals surface area contributed by atoms with Gasteiger partial charge in [0.25, 0.3) is 0 Å². The molecular weight excluding hydrogens is 278 g/mol. The lowest BCUT2D eigenvalue weighted by Crippen LogP contribution is -2.33. The van der Waals surface area contributed by atoms with Crippen molar-refractivity contribution in [2.45, 2.75) is 54.4 Å². The summed E-state index contributed by atoms with van der Waals surface area (Å²) in [6.45, 7) is 0. The van der Waals surface area contributed by atoms with Gasteiger partial charge in [0.15, 0.2) is 0 Å². The first kappa shape index (κ1) is 13.3. The van der Waals surface area contributed by atoms with E-state index in [0.717, 1.165) is 32.1 Å². The molecule has 4 rings (SSSR count). The largest absolute Gasteiger partial charge is 0.259 e. The Kier molecular flexibility index (Phi) is 3.04. The number of hydrogen-bond acceptors (Lipinski definition) is 2. The van der Waals surface area contributed by atoms with Crippen LogP contribution in [0.25, 0.3) is 5.57 Å². The summed E-state index contributed by atoms with van der Waals surface area (Å²) < 4.78 is 12.3. The molecule has 2 bridgehead atoms. The minimum Gasteiger partial charge on any atom is -0.259 e. The Morgan fingerprint density at radius 3 is 2.86 bits per heavy atom. The Balaban J connectivity index is 1.70. The van der Waals surface area contributed by atoms with Crippen molar-refractivity contribution in [3.63, 3.8) is 0 Å². The first-order valence-corrected chi connectivity index (χ1v) is 9.12. The Labute approximate surface area is 128 Å². The summed E-state index contributed by atoms with van der Waals surface area (Å²) in [5, 5.41) is 9.97. The highest BCUT2D eigenvalue weighted by Gasteiger charge is 2.45. The molecule has 3 heteroatoms. The maximum Gasteiger partial charge on any atom is 0.0824 e. The Hall–Kier alpha value is -1.40. The van der Waals surface area contributed by atoms with E-state index in [1.807, 2.05) is 0 Å². The molecule has 0 aromatic heterocycles. The van der Waals surface area contributed by atoms with E-state index < -0.39 is 10.8 Å². The van der Waals surface area contributed by atoms with Gasteiger partial charge in [-0.2, -0.15) is 5.26 Å². The van der Waals surface area contributed by atoms with Crippen LogP contribution in [0.1, 0.15) is 49.7 Å². The molecule has 3 unspecified atom stereocenters. The Morgan fingerprint density at radius 2 is 2.14 bits per heavy atom. The van der Waals surface area contributed by atoms with E-state index in [4.69, 9.17) is 0 Å². The van der Waals surface area contributed by atoms with Gasteiger partial charge >= 0.3 is 0 Å². The fraction of sp³-hybridized carbons (Fsp3) is 0.500. The fourth-order valence-corrected chi connectivity index (χ4v) is 5.65. The topological polar surface area (TPSA) is 40.9 Å². The number of benzene rings is 1. The average molecular weight is 297 g/mol. The summed E-state index contributed by atoms with van der Waals surface area (Å²) in [7, 11) is -0.671. The summed E-state index contributed by atoms with van der Waals surface area (Å²) in [5.41, 5.74) is 3.53. The average Bonchev–Trinajstić information content (AvgIpc) is 3.28. The van der Waals surface area contributed by atoms with Crippen LogP contribution in [0.15, 0.2) is 30.3 Å². The zero-order valence-corrected chi connectivity index (χ0v) is 12.9. The summed E-state index contributed by atoms with van der Waals surface area (Å²) in [5.74, 6) is 0. The van der Waals surface area contributed by atoms with Crippen molar-refractivity contribution in [1.82, 2.24) is 0 Å². The van der Waals surface area contributed by atoms with Crippen LogP contribution in [0.2, 0.25) is 0 Å². The molecule has 1 aliphatic carbocycles. The number of rotatable bonds is 2. The molecule has 3 atom stereocenters. The molecule has 2 nitrogen and oxygen atoms in total. The van der Waals surface area contributed by atoms with Crippen molar-refractivity contribution in [3.05, 3.63) is 41.5 Å². The molecule has 1 aromatic rings. The van der Waals surface area contributed by atoms with Crippen LogP contribution in [0, 0.1) is 11.3 Å². The van der Waals surface area contributed by atoms with Gasteiger partial charge in [-0.3, -0.25) is 4.21 Å². The Bertz CT molecular complexity index is 681. The number of allylic oxidation sites excluding steroid dienone is 1. The number of nitrogens with zero attached hydrogens (tertiary/aromatic N) is 1. The third-order valence-electron chi connectivity index (χ3n) is 5.23. The van der Waals surface area contributed by atoms with Crippen molar-refractivity contribution >= 4 is 16.4 Å². The molecule has 0 amide bonds. The van der Waals surface area contributed by atoms with Gasteiger partial charge in [0.05, 0.1) is 16.7 Å². The lowest BCUT2D eigenvalue weighted by Gasteiger charge is -2.33. The van der Waals surface area contributed by atoms with Gasteiger partial charge in [-0.05, 0) is 54.9 Å². The van der Waals surface area contributed by atoms with Crippen molar-refractivity contribution in [1.29, 1.82) is 5.26 Å². The van der Waals surface area contributed by atoms with Gasteiger partial charge in [-0.15, -0.1) is 0 Å². The normalized spacial score (nSPS) is 32.9. The smallest absolute Gasteiger partial charge is 0.0824 e. The minimum atomic E-state index is -0.671. The maximum absolute atomic E-state index is 12.3. The monoisotopic (exact) mass is 297 g/mol. The highest BCUT2D eigenvalue weighted by molar-refractivity contribution is 7.86. The molecule has 2 heterocycles. The quantitative estimate of drug-likeness (QED) is 0.835. The zero-order chi connectivity index (χ0) is 14.4. The van der Waals surface area contributed by atoms with Crippen LogP contribution in [-0.4, -0.2) is 14.7 Å². The highest BCUT2D eigenvalue weighted by Crippen LogP contribution is 2.48. The van der Waals surface area contributed by atoms with E-state index in [0.29, 0.717) is 5.25 Å². The molecule has 1 saturated heterocycles. The van der Waals surface area contributed by atoms with Crippen LogP contribution < -0.4 is 0 Å². The third kappa shape index (κ3) is 2.17. The van der Waals surface area contributed by atoms with Crippen LogP contribution in [0.4, 0.5) is 0 Å². The van der Waals surface area contributed by atoms with E-state index in [2.05, 4.69) is 36.4 Å². The van der Waals surface area contributed by atoms with Gasteiger partial charge in [0, 0.05) is 16.0 Å². The lowest BCUT2D eigenvalue weighted by atomic mass is 9.89. The summed E-state index contributed by atoms with van der Waals surface area (Å²) >= 11 is 0. The van der Waals surface area contributed by atoms with Crippen LogP contribution in [0.3, 0.4) is 0 Å². The molecule has 108 valence electrons. The van der Waals surface area contributed by atoms with Crippen LogP contribution >= 0.6 is 0 Å². The Morgan fingerprint density at radius 1 is 1.29 bits per heavy atom. The second-order valence-corrected chi connectivity index (χ2v) is 8.52. The van der Waals surface area contributed by atoms with E-state index in [-0.39, 0.29) is 10.7 Å². The molecular formula is C18H19NOS. The maximum atomic E-state index is 12.3. The van der Waals surface area contributed by atoms with Gasteiger partial charge in [0.1, 0.15) is 0 Å². The molecule has 0 radical (unpaired) electrons. The predicted molar refractivity (Wildman–Crippen MR) is 85.1 cm³/mol. The number of nitriles is 1. The first-order chi connectivity index (χ1) is 10.2. The van der Waals surface area contributed by atoms with Crippen molar-refractivity contribution in [3.8, 4) is 6.07 Å². The number of fused-ring (bicyclic) bond motifs is 2. The van der Waals surface area contributed by atoms with Gasteiger partial charge < -0.3 is 0 Å². The van der Waals surface area contributed by atoms with Gasteiger partial charge in [-0.25, -0.2) is 0 Å². The molecule has 0 spiro atoms. The minimum absolute atomic E-state index is 0.218. The number of hydrogen-bond donors (Lipinski definition) is 0. The first-order valence-electron chi connectivity index (χ1n) is 7.84. The summed E-state index contributed by atoms with van der Waals surface area (Å²) in [6.07, 6.45) is 8.53. The molecule has 1 aromatic carbocycles. The van der Waals surface area contributed by atoms with Crippen molar-refractivity contribution in [2.75, 3.05) is 0 Å². The van der Waals surface area contributed by atoms with Crippen LogP contribution in [0.5, 0.6) is 0 Å². The van der Waals surface area contributed by atoms with Crippen molar-refractivity contribution in [2.24, 2.45) is 0 Å². The second kappa shape index (κ2) is 4.81. The zero-order valence-electron chi connectivity index (χ0n) is 12.0. The molecule has 1 saturated carbocycles. The van der Waals surface area contributed by atoms with Gasteiger partial charge in [0.2, 0.25) is 0 Å². The molecule has 21 heavy (non-hydrogen) atoms. The van der Waals surface area contributed by atoms with E-state index >= 15 is 0 Å². The predicted octanol–water partition coefficient (Wildman–Crippen LogP) is 3.70. The molecule has 0 N–H and O–H groups in total. The molecule has 2 aliphatic heterocycles. The summed E-state index contributed by atoms with van der Waals surface area (Å²) in [4.78, 5) is 0. The third-order valence-corrected chi connectivity index (χ3v) is 7.25.